The van der Waals surface area contributed by atoms with E-state index in [4.69, 9.17) is 0 Å². The van der Waals surface area contributed by atoms with Crippen LogP contribution in [0.15, 0.2) is 133 Å². The average molecular weight is 473 g/mol. The molecule has 4 aromatic rings. The number of hydrogen-bond donors (Lipinski definition) is 2. The maximum Gasteiger partial charge on any atom is 0.189 e. The van der Waals surface area contributed by atoms with Crippen molar-refractivity contribution in [3.05, 3.63) is 149 Å². The highest BCUT2D eigenvalue weighted by Gasteiger charge is 2.47. The molecule has 2 N–H and O–H groups in total. The van der Waals surface area contributed by atoms with E-state index in [1.54, 1.807) is 54.6 Å². The van der Waals surface area contributed by atoms with E-state index in [1.807, 2.05) is 54.6 Å². The van der Waals surface area contributed by atoms with Crippen molar-refractivity contribution in [3.8, 4) is 16.9 Å². The fraction of sp³-hybridized carbons (Fsp3) is 0.0625. The highest BCUT2D eigenvalue weighted by molar-refractivity contribution is 6.13. The normalized spacial score (nSPS) is 17.1. The average Bonchev–Trinajstić information content (AvgIpc) is 2.94. The second kappa shape index (κ2) is 9.51. The lowest BCUT2D eigenvalue weighted by Gasteiger charge is -2.35. The fourth-order valence-corrected chi connectivity index (χ4v) is 4.76. The van der Waals surface area contributed by atoms with E-state index in [0.717, 1.165) is 5.56 Å². The van der Waals surface area contributed by atoms with Crippen LogP contribution in [0.4, 0.5) is 0 Å². The number of aliphatic hydroxyl groups is 1. The molecule has 0 fully saturated rings. The van der Waals surface area contributed by atoms with Crippen molar-refractivity contribution >= 4 is 11.6 Å². The summed E-state index contributed by atoms with van der Waals surface area (Å²) in [7, 11) is 0. The molecule has 0 aromatic heterocycles. The molecule has 0 amide bonds. The lowest BCUT2D eigenvalue weighted by Crippen LogP contribution is -2.40. The van der Waals surface area contributed by atoms with Gasteiger partial charge in [-0.15, -0.1) is 0 Å². The molecule has 1 aliphatic rings. The first-order chi connectivity index (χ1) is 17.5. The van der Waals surface area contributed by atoms with Gasteiger partial charge in [-0.1, -0.05) is 97.1 Å². The van der Waals surface area contributed by atoms with Crippen molar-refractivity contribution in [2.45, 2.75) is 11.8 Å². The molecule has 0 spiro atoms. The number of aliphatic hydroxyl groups excluding tert-OH is 1. The smallest absolute Gasteiger partial charge is 0.189 e. The summed E-state index contributed by atoms with van der Waals surface area (Å²) in [5.41, 5.74) is 1.76. The van der Waals surface area contributed by atoms with Gasteiger partial charge in [-0.3, -0.25) is 9.59 Å². The molecule has 1 atom stereocenters. The summed E-state index contributed by atoms with van der Waals surface area (Å²) in [4.78, 5) is 27.7. The molecular formula is C32H24O4. The first kappa shape index (κ1) is 23.1. The quantitative estimate of drug-likeness (QED) is 0.302. The van der Waals surface area contributed by atoms with Crippen molar-refractivity contribution in [3.63, 3.8) is 0 Å². The summed E-state index contributed by atoms with van der Waals surface area (Å²) in [5.74, 6) is -0.574. The van der Waals surface area contributed by atoms with Crippen LogP contribution in [-0.2, 0) is 5.41 Å². The maximum atomic E-state index is 13.9. The molecule has 1 unspecified atom stereocenters. The summed E-state index contributed by atoms with van der Waals surface area (Å²) < 4.78 is 0. The molecule has 0 aliphatic heterocycles. The zero-order valence-electron chi connectivity index (χ0n) is 19.5. The monoisotopic (exact) mass is 472 g/mol. The molecule has 0 radical (unpaired) electrons. The van der Waals surface area contributed by atoms with Crippen LogP contribution in [0.3, 0.4) is 0 Å². The van der Waals surface area contributed by atoms with Crippen LogP contribution in [0.25, 0.3) is 11.1 Å². The number of Topliss-reactive ketones (excluding diaryl/α,β-unsaturated/α-hetero) is 2. The molecule has 1 aliphatic carbocycles. The van der Waals surface area contributed by atoms with Crippen LogP contribution < -0.4 is 0 Å². The molecule has 36 heavy (non-hydrogen) atoms. The molecule has 0 bridgehead atoms. The van der Waals surface area contributed by atoms with E-state index in [-0.39, 0.29) is 29.5 Å². The lowest BCUT2D eigenvalue weighted by atomic mass is 9.66. The van der Waals surface area contributed by atoms with Gasteiger partial charge in [0, 0.05) is 28.7 Å². The molecule has 0 saturated heterocycles. The van der Waals surface area contributed by atoms with E-state index >= 15 is 0 Å². The Morgan fingerprint density at radius 3 is 1.94 bits per heavy atom. The van der Waals surface area contributed by atoms with Crippen LogP contribution >= 0.6 is 0 Å². The number of benzene rings is 4. The third kappa shape index (κ3) is 4.03. The summed E-state index contributed by atoms with van der Waals surface area (Å²) in [6.07, 6.45) is 3.03. The number of rotatable bonds is 6. The van der Waals surface area contributed by atoms with Crippen molar-refractivity contribution in [1.82, 2.24) is 0 Å². The minimum atomic E-state index is -1.43. The van der Waals surface area contributed by atoms with E-state index in [1.165, 1.54) is 12.1 Å². The minimum absolute atomic E-state index is 0.00740. The molecule has 5 rings (SSSR count). The maximum absolute atomic E-state index is 13.9. The van der Waals surface area contributed by atoms with Gasteiger partial charge in [0.2, 0.25) is 0 Å². The predicted molar refractivity (Wildman–Crippen MR) is 140 cm³/mol. The van der Waals surface area contributed by atoms with Crippen LogP contribution in [-0.4, -0.2) is 21.8 Å². The summed E-state index contributed by atoms with van der Waals surface area (Å²) in [6.45, 7) is 0. The molecular weight excluding hydrogens is 448 g/mol. The Morgan fingerprint density at radius 1 is 0.667 bits per heavy atom. The molecule has 176 valence electrons. The molecule has 0 saturated carbocycles. The molecule has 0 heterocycles. The van der Waals surface area contributed by atoms with Crippen LogP contribution in [0.5, 0.6) is 5.75 Å². The predicted octanol–water partition coefficient (Wildman–Crippen LogP) is 6.83. The Labute approximate surface area is 209 Å². The Bertz CT molecular complexity index is 1490. The number of aromatic hydroxyl groups is 1. The van der Waals surface area contributed by atoms with Gasteiger partial charge < -0.3 is 10.2 Å². The van der Waals surface area contributed by atoms with Crippen molar-refractivity contribution in [2.75, 3.05) is 0 Å². The standard InChI is InChI=1S/C32H24O4/c33-28-18-16-24(20-27(28)22-10-4-1-5-11-22)30(35)25-17-19-29(34)32(21-25,26-14-8-3-9-15-26)31(36)23-12-6-2-7-13-23/h1-20,33-34H,21H2. The first-order valence-electron chi connectivity index (χ1n) is 11.7. The Hall–Kier alpha value is -4.70. The van der Waals surface area contributed by atoms with Gasteiger partial charge in [0.05, 0.1) is 0 Å². The van der Waals surface area contributed by atoms with E-state index in [0.29, 0.717) is 27.8 Å². The molecule has 4 heteroatoms. The zero-order valence-corrected chi connectivity index (χ0v) is 19.5. The topological polar surface area (TPSA) is 74.6 Å². The Kier molecular flexibility index (Phi) is 6.09. The Morgan fingerprint density at radius 2 is 1.28 bits per heavy atom. The summed E-state index contributed by atoms with van der Waals surface area (Å²) >= 11 is 0. The summed E-state index contributed by atoms with van der Waals surface area (Å²) in [5, 5.41) is 21.6. The number of phenols is 1. The Balaban J connectivity index is 1.58. The highest BCUT2D eigenvalue weighted by Crippen LogP contribution is 2.43. The summed E-state index contributed by atoms with van der Waals surface area (Å²) in [6, 6.07) is 32.0. The highest BCUT2D eigenvalue weighted by atomic mass is 16.3. The third-order valence-corrected chi connectivity index (χ3v) is 6.66. The van der Waals surface area contributed by atoms with E-state index in [9.17, 15) is 19.8 Å². The first-order valence-corrected chi connectivity index (χ1v) is 11.7. The lowest BCUT2D eigenvalue weighted by molar-refractivity contribution is 0.0865. The SMILES string of the molecule is O=C(C1=CC=C(O)C(C(=O)c2ccccc2)(c2ccccc2)C1)c1ccc(O)c(-c2ccccc2)c1. The third-order valence-electron chi connectivity index (χ3n) is 6.66. The van der Waals surface area contributed by atoms with Gasteiger partial charge in [-0.2, -0.15) is 0 Å². The number of carbonyl (C=O) groups excluding carboxylic acids is 2. The van der Waals surface area contributed by atoms with Gasteiger partial charge >= 0.3 is 0 Å². The fourth-order valence-electron chi connectivity index (χ4n) is 4.76. The number of hydrogen-bond acceptors (Lipinski definition) is 4. The minimum Gasteiger partial charge on any atom is -0.511 e. The van der Waals surface area contributed by atoms with Gasteiger partial charge in [0.25, 0.3) is 0 Å². The number of phenolic OH excluding ortho intramolecular Hbond substituents is 1. The molecule has 4 nitrogen and oxygen atoms in total. The van der Waals surface area contributed by atoms with Gasteiger partial charge in [0.1, 0.15) is 16.9 Å². The van der Waals surface area contributed by atoms with Gasteiger partial charge in [-0.25, -0.2) is 0 Å². The van der Waals surface area contributed by atoms with Crippen LogP contribution in [0.1, 0.15) is 32.7 Å². The van der Waals surface area contributed by atoms with Crippen molar-refractivity contribution < 1.29 is 19.8 Å². The van der Waals surface area contributed by atoms with E-state index < -0.39 is 5.41 Å². The van der Waals surface area contributed by atoms with Gasteiger partial charge in [0.15, 0.2) is 11.6 Å². The second-order valence-electron chi connectivity index (χ2n) is 8.81. The second-order valence-corrected chi connectivity index (χ2v) is 8.81. The number of ketones is 2. The number of allylic oxidation sites excluding steroid dienone is 4. The number of carbonyl (C=O) groups is 2. The van der Waals surface area contributed by atoms with Crippen LogP contribution in [0, 0.1) is 0 Å². The van der Waals surface area contributed by atoms with Crippen molar-refractivity contribution in [2.24, 2.45) is 0 Å². The molecule has 4 aromatic carbocycles. The zero-order chi connectivity index (χ0) is 25.1. The van der Waals surface area contributed by atoms with Gasteiger partial charge in [-0.05, 0) is 35.4 Å². The largest absolute Gasteiger partial charge is 0.511 e. The van der Waals surface area contributed by atoms with Crippen molar-refractivity contribution in [1.29, 1.82) is 0 Å². The van der Waals surface area contributed by atoms with Crippen LogP contribution in [0.2, 0.25) is 0 Å². The van der Waals surface area contributed by atoms with E-state index in [2.05, 4.69) is 0 Å².